The highest BCUT2D eigenvalue weighted by molar-refractivity contribution is 5.15. The summed E-state index contributed by atoms with van der Waals surface area (Å²) in [6.45, 7) is 4.26. The Kier molecular flexibility index (Phi) is 5.38. The highest BCUT2D eigenvalue weighted by Crippen LogP contribution is 2.36. The van der Waals surface area contributed by atoms with E-state index in [9.17, 15) is 0 Å². The van der Waals surface area contributed by atoms with E-state index in [2.05, 4.69) is 58.0 Å². The predicted molar refractivity (Wildman–Crippen MR) is 101 cm³/mol. The van der Waals surface area contributed by atoms with E-state index in [4.69, 9.17) is 9.47 Å². The molecule has 0 amide bonds. The first-order valence-electron chi connectivity index (χ1n) is 9.70. The molecule has 1 atom stereocenters. The van der Waals surface area contributed by atoms with Crippen molar-refractivity contribution in [2.75, 3.05) is 26.9 Å². The molecule has 1 spiro atoms. The average molecular weight is 355 g/mol. The normalized spacial score (nSPS) is 22.8. The number of benzene rings is 1. The first-order chi connectivity index (χ1) is 12.7. The van der Waals surface area contributed by atoms with E-state index in [-0.39, 0.29) is 5.60 Å². The largest absolute Gasteiger partial charge is 0.381 e. The first kappa shape index (κ1) is 17.7. The van der Waals surface area contributed by atoms with Crippen molar-refractivity contribution in [2.24, 2.45) is 0 Å². The van der Waals surface area contributed by atoms with Crippen LogP contribution in [0.5, 0.6) is 0 Å². The van der Waals surface area contributed by atoms with Crippen molar-refractivity contribution in [3.05, 3.63) is 54.1 Å². The molecule has 2 aromatic rings. The predicted octanol–water partition coefficient (Wildman–Crippen LogP) is 3.09. The van der Waals surface area contributed by atoms with Gasteiger partial charge in [-0.3, -0.25) is 4.90 Å². The summed E-state index contributed by atoms with van der Waals surface area (Å²) in [7, 11) is 2.23. The van der Waals surface area contributed by atoms with E-state index in [1.54, 1.807) is 0 Å². The van der Waals surface area contributed by atoms with Gasteiger partial charge >= 0.3 is 0 Å². The molecular formula is C21H29N3O2. The Morgan fingerprint density at radius 1 is 1.19 bits per heavy atom. The molecule has 140 valence electrons. The van der Waals surface area contributed by atoms with E-state index in [1.165, 1.54) is 5.56 Å². The highest BCUT2D eigenvalue weighted by atomic mass is 16.5. The molecule has 1 aromatic carbocycles. The van der Waals surface area contributed by atoms with Gasteiger partial charge in [0, 0.05) is 44.8 Å². The standard InChI is InChI=1S/C21H29N3O2/c1-23(19-7-12-26-21(15-19)8-13-25-14-9-21)17-20-22-10-11-24(20)16-18-5-3-2-4-6-18/h2-6,10-11,19H,7-9,12-17H2,1H3/t19-/m1/s1. The summed E-state index contributed by atoms with van der Waals surface area (Å²) in [5.41, 5.74) is 1.34. The van der Waals surface area contributed by atoms with Crippen LogP contribution >= 0.6 is 0 Å². The zero-order valence-electron chi connectivity index (χ0n) is 15.6. The Balaban J connectivity index is 1.40. The number of imidazole rings is 1. The van der Waals surface area contributed by atoms with Gasteiger partial charge < -0.3 is 14.0 Å². The third-order valence-electron chi connectivity index (χ3n) is 5.88. The van der Waals surface area contributed by atoms with Gasteiger partial charge in [0.2, 0.25) is 0 Å². The summed E-state index contributed by atoms with van der Waals surface area (Å²) >= 11 is 0. The van der Waals surface area contributed by atoms with Gasteiger partial charge in [-0.1, -0.05) is 30.3 Å². The van der Waals surface area contributed by atoms with Gasteiger partial charge in [-0.05, 0) is 38.3 Å². The van der Waals surface area contributed by atoms with Gasteiger partial charge in [-0.2, -0.15) is 0 Å². The maximum atomic E-state index is 6.20. The smallest absolute Gasteiger partial charge is 0.123 e. The maximum Gasteiger partial charge on any atom is 0.123 e. The minimum absolute atomic E-state index is 0.0366. The van der Waals surface area contributed by atoms with Gasteiger partial charge in [0.05, 0.1) is 12.1 Å². The fourth-order valence-corrected chi connectivity index (χ4v) is 4.24. The van der Waals surface area contributed by atoms with E-state index in [0.29, 0.717) is 6.04 Å². The van der Waals surface area contributed by atoms with Crippen LogP contribution in [0.25, 0.3) is 0 Å². The van der Waals surface area contributed by atoms with Crippen molar-refractivity contribution in [1.82, 2.24) is 14.5 Å². The van der Waals surface area contributed by atoms with Gasteiger partial charge in [-0.15, -0.1) is 0 Å². The van der Waals surface area contributed by atoms with Crippen molar-refractivity contribution in [2.45, 2.75) is 50.4 Å². The lowest BCUT2D eigenvalue weighted by molar-refractivity contribution is -0.150. The maximum absolute atomic E-state index is 6.20. The van der Waals surface area contributed by atoms with Gasteiger partial charge in [0.15, 0.2) is 0 Å². The molecule has 0 radical (unpaired) electrons. The highest BCUT2D eigenvalue weighted by Gasteiger charge is 2.40. The van der Waals surface area contributed by atoms with Crippen molar-refractivity contribution in [3.63, 3.8) is 0 Å². The van der Waals surface area contributed by atoms with Gasteiger partial charge in [0.1, 0.15) is 5.82 Å². The number of hydrogen-bond donors (Lipinski definition) is 0. The zero-order chi connectivity index (χ0) is 17.8. The van der Waals surface area contributed by atoms with E-state index < -0.39 is 0 Å². The molecule has 0 bridgehead atoms. The van der Waals surface area contributed by atoms with Crippen LogP contribution in [0.4, 0.5) is 0 Å². The van der Waals surface area contributed by atoms with Crippen LogP contribution in [0, 0.1) is 0 Å². The molecule has 0 unspecified atom stereocenters. The third kappa shape index (κ3) is 4.00. The monoisotopic (exact) mass is 355 g/mol. The Morgan fingerprint density at radius 3 is 2.81 bits per heavy atom. The topological polar surface area (TPSA) is 39.5 Å². The second-order valence-corrected chi connectivity index (χ2v) is 7.66. The lowest BCUT2D eigenvalue weighted by atomic mass is 9.83. The summed E-state index contributed by atoms with van der Waals surface area (Å²) in [5, 5.41) is 0. The second kappa shape index (κ2) is 7.91. The summed E-state index contributed by atoms with van der Waals surface area (Å²) in [6.07, 6.45) is 8.25. The molecule has 2 saturated heterocycles. The number of nitrogens with zero attached hydrogens (tertiary/aromatic N) is 3. The van der Waals surface area contributed by atoms with Crippen molar-refractivity contribution < 1.29 is 9.47 Å². The zero-order valence-corrected chi connectivity index (χ0v) is 15.6. The molecule has 26 heavy (non-hydrogen) atoms. The van der Waals surface area contributed by atoms with Crippen molar-refractivity contribution in [3.8, 4) is 0 Å². The van der Waals surface area contributed by atoms with Crippen LogP contribution in [-0.4, -0.2) is 53.0 Å². The first-order valence-corrected chi connectivity index (χ1v) is 9.70. The minimum Gasteiger partial charge on any atom is -0.381 e. The molecule has 5 heteroatoms. The molecule has 3 heterocycles. The Labute approximate surface area is 155 Å². The molecule has 1 aromatic heterocycles. The number of aromatic nitrogens is 2. The van der Waals surface area contributed by atoms with E-state index >= 15 is 0 Å². The van der Waals surface area contributed by atoms with Gasteiger partial charge in [0.25, 0.3) is 0 Å². The molecule has 4 rings (SSSR count). The quantitative estimate of drug-likeness (QED) is 0.826. The minimum atomic E-state index is 0.0366. The van der Waals surface area contributed by atoms with Crippen LogP contribution in [0.2, 0.25) is 0 Å². The number of rotatable bonds is 5. The molecule has 2 aliphatic rings. The van der Waals surface area contributed by atoms with Crippen LogP contribution in [0.3, 0.4) is 0 Å². The molecule has 2 fully saturated rings. The summed E-state index contributed by atoms with van der Waals surface area (Å²) in [6, 6.07) is 11.1. The lowest BCUT2D eigenvalue weighted by Crippen LogP contribution is -2.50. The lowest BCUT2D eigenvalue weighted by Gasteiger charge is -2.45. The van der Waals surface area contributed by atoms with Crippen LogP contribution in [-0.2, 0) is 22.6 Å². The van der Waals surface area contributed by atoms with Gasteiger partial charge in [-0.25, -0.2) is 4.98 Å². The third-order valence-corrected chi connectivity index (χ3v) is 5.88. The molecule has 2 aliphatic heterocycles. The Bertz CT molecular complexity index is 689. The van der Waals surface area contributed by atoms with E-state index in [0.717, 1.165) is 64.4 Å². The number of ether oxygens (including phenoxy) is 2. The fraction of sp³-hybridized carbons (Fsp3) is 0.571. The average Bonchev–Trinajstić information content (AvgIpc) is 3.10. The number of hydrogen-bond acceptors (Lipinski definition) is 4. The summed E-state index contributed by atoms with van der Waals surface area (Å²) in [5.74, 6) is 1.13. The molecule has 0 aliphatic carbocycles. The Hall–Kier alpha value is -1.69. The van der Waals surface area contributed by atoms with Crippen LogP contribution in [0.1, 0.15) is 37.1 Å². The SMILES string of the molecule is CN(Cc1nccn1Cc1ccccc1)[C@@H]1CCOC2(CCOCC2)C1. The molecule has 0 N–H and O–H groups in total. The van der Waals surface area contributed by atoms with E-state index in [1.807, 2.05) is 6.20 Å². The van der Waals surface area contributed by atoms with Crippen LogP contribution in [0.15, 0.2) is 42.7 Å². The van der Waals surface area contributed by atoms with Crippen molar-refractivity contribution >= 4 is 0 Å². The molecule has 0 saturated carbocycles. The molecule has 5 nitrogen and oxygen atoms in total. The Morgan fingerprint density at radius 2 is 2.00 bits per heavy atom. The summed E-state index contributed by atoms with van der Waals surface area (Å²) in [4.78, 5) is 7.08. The summed E-state index contributed by atoms with van der Waals surface area (Å²) < 4.78 is 14.0. The second-order valence-electron chi connectivity index (χ2n) is 7.66. The van der Waals surface area contributed by atoms with Crippen LogP contribution < -0.4 is 0 Å². The molecular weight excluding hydrogens is 326 g/mol. The van der Waals surface area contributed by atoms with Crippen molar-refractivity contribution in [1.29, 1.82) is 0 Å². The fourth-order valence-electron chi connectivity index (χ4n) is 4.24.